The topological polar surface area (TPSA) is 66.5 Å². The molecule has 19 heavy (non-hydrogen) atoms. The highest BCUT2D eigenvalue weighted by Gasteiger charge is 2.32. The van der Waals surface area contributed by atoms with Crippen molar-refractivity contribution in [2.24, 2.45) is 0 Å². The Bertz CT molecular complexity index is 545. The second-order valence-corrected chi connectivity index (χ2v) is 5.14. The fraction of sp³-hybridized carbons (Fsp3) is 0.308. The number of benzene rings is 1. The predicted octanol–water partition coefficient (Wildman–Crippen LogP) is 1.50. The normalized spacial score (nSPS) is 19.3. The van der Waals surface area contributed by atoms with Crippen molar-refractivity contribution in [2.45, 2.75) is 19.4 Å². The summed E-state index contributed by atoms with van der Waals surface area (Å²) in [6, 6.07) is 4.78. The van der Waals surface area contributed by atoms with Gasteiger partial charge in [0.05, 0.1) is 6.54 Å². The molecule has 6 heteroatoms. The molecule has 2 rings (SSSR count). The largest absolute Gasteiger partial charge is 0.350 e. The van der Waals surface area contributed by atoms with Crippen LogP contribution in [0.3, 0.4) is 0 Å². The number of amides is 2. The SMILES string of the molecule is CCC1C(=O)NC(=O)CN1c1ccc(C=O)c(Br)c1. The Balaban J connectivity index is 2.37. The summed E-state index contributed by atoms with van der Waals surface area (Å²) in [4.78, 5) is 35.8. The Morgan fingerprint density at radius 3 is 2.79 bits per heavy atom. The van der Waals surface area contributed by atoms with E-state index in [2.05, 4.69) is 21.2 Å². The van der Waals surface area contributed by atoms with Crippen molar-refractivity contribution < 1.29 is 14.4 Å². The van der Waals surface area contributed by atoms with Crippen molar-refractivity contribution in [3.8, 4) is 0 Å². The van der Waals surface area contributed by atoms with Crippen LogP contribution in [0.25, 0.3) is 0 Å². The molecule has 1 aromatic carbocycles. The summed E-state index contributed by atoms with van der Waals surface area (Å²) in [5.41, 5.74) is 1.28. The van der Waals surface area contributed by atoms with Crippen molar-refractivity contribution in [3.63, 3.8) is 0 Å². The van der Waals surface area contributed by atoms with E-state index in [1.54, 1.807) is 23.1 Å². The van der Waals surface area contributed by atoms with E-state index in [-0.39, 0.29) is 24.4 Å². The highest BCUT2D eigenvalue weighted by Crippen LogP contribution is 2.26. The molecule has 0 bridgehead atoms. The minimum atomic E-state index is -0.369. The maximum Gasteiger partial charge on any atom is 0.249 e. The highest BCUT2D eigenvalue weighted by molar-refractivity contribution is 9.10. The van der Waals surface area contributed by atoms with E-state index >= 15 is 0 Å². The van der Waals surface area contributed by atoms with Gasteiger partial charge in [-0.3, -0.25) is 19.7 Å². The van der Waals surface area contributed by atoms with Gasteiger partial charge in [-0.2, -0.15) is 0 Å². The number of aldehydes is 1. The van der Waals surface area contributed by atoms with Gasteiger partial charge < -0.3 is 4.90 Å². The average molecular weight is 325 g/mol. The Labute approximate surface area is 119 Å². The Morgan fingerprint density at radius 2 is 2.21 bits per heavy atom. The van der Waals surface area contributed by atoms with Crippen LogP contribution >= 0.6 is 15.9 Å². The van der Waals surface area contributed by atoms with Gasteiger partial charge in [0.1, 0.15) is 6.04 Å². The first-order valence-electron chi connectivity index (χ1n) is 5.92. The zero-order valence-corrected chi connectivity index (χ0v) is 11.9. The van der Waals surface area contributed by atoms with Crippen molar-refractivity contribution in [2.75, 3.05) is 11.4 Å². The van der Waals surface area contributed by atoms with E-state index < -0.39 is 0 Å². The van der Waals surface area contributed by atoms with Gasteiger partial charge in [-0.25, -0.2) is 0 Å². The van der Waals surface area contributed by atoms with Gasteiger partial charge >= 0.3 is 0 Å². The number of halogens is 1. The lowest BCUT2D eigenvalue weighted by molar-refractivity contribution is -0.132. The summed E-state index contributed by atoms with van der Waals surface area (Å²) in [6.45, 7) is 2.03. The number of imide groups is 1. The van der Waals surface area contributed by atoms with Gasteiger partial charge in [-0.15, -0.1) is 0 Å². The maximum absolute atomic E-state index is 11.8. The van der Waals surface area contributed by atoms with Gasteiger partial charge in [0.15, 0.2) is 6.29 Å². The number of piperazine rings is 1. The summed E-state index contributed by atoms with van der Waals surface area (Å²) >= 11 is 3.30. The molecule has 100 valence electrons. The molecule has 5 nitrogen and oxygen atoms in total. The fourth-order valence-corrected chi connectivity index (χ4v) is 2.59. The molecule has 1 aromatic rings. The number of nitrogens with one attached hydrogen (secondary N) is 1. The highest BCUT2D eigenvalue weighted by atomic mass is 79.9. The lowest BCUT2D eigenvalue weighted by Crippen LogP contribution is -2.58. The summed E-state index contributed by atoms with van der Waals surface area (Å²) in [7, 11) is 0. The van der Waals surface area contributed by atoms with Crippen LogP contribution in [0.1, 0.15) is 23.7 Å². The number of carbonyl (C=O) groups excluding carboxylic acids is 3. The molecule has 0 aromatic heterocycles. The second-order valence-electron chi connectivity index (χ2n) is 4.29. The molecule has 1 fully saturated rings. The van der Waals surface area contributed by atoms with E-state index in [4.69, 9.17) is 0 Å². The van der Waals surface area contributed by atoms with Gasteiger partial charge in [0, 0.05) is 15.7 Å². The number of nitrogens with zero attached hydrogens (tertiary/aromatic N) is 1. The molecular formula is C13H13BrN2O3. The molecule has 1 saturated heterocycles. The first-order valence-corrected chi connectivity index (χ1v) is 6.71. The van der Waals surface area contributed by atoms with Crippen LogP contribution in [0.5, 0.6) is 0 Å². The summed E-state index contributed by atoms with van der Waals surface area (Å²) in [5, 5.41) is 2.33. The zero-order chi connectivity index (χ0) is 14.0. The maximum atomic E-state index is 11.8. The van der Waals surface area contributed by atoms with E-state index in [0.29, 0.717) is 16.5 Å². The van der Waals surface area contributed by atoms with Crippen LogP contribution in [0.2, 0.25) is 0 Å². The molecule has 1 heterocycles. The van der Waals surface area contributed by atoms with Crippen LogP contribution in [0.15, 0.2) is 22.7 Å². The zero-order valence-electron chi connectivity index (χ0n) is 10.4. The van der Waals surface area contributed by atoms with Crippen LogP contribution in [-0.2, 0) is 9.59 Å². The standard InChI is InChI=1S/C13H13BrN2O3/c1-2-11-13(19)15-12(18)6-16(11)9-4-3-8(7-17)10(14)5-9/h3-5,7,11H,2,6H2,1H3,(H,15,18,19). The van der Waals surface area contributed by atoms with Crippen LogP contribution in [0, 0.1) is 0 Å². The lowest BCUT2D eigenvalue weighted by Gasteiger charge is -2.35. The van der Waals surface area contributed by atoms with Gasteiger partial charge in [-0.1, -0.05) is 6.92 Å². The van der Waals surface area contributed by atoms with Gasteiger partial charge in [0.25, 0.3) is 0 Å². The molecule has 0 spiro atoms. The third-order valence-corrected chi connectivity index (χ3v) is 3.77. The Morgan fingerprint density at radius 1 is 1.47 bits per heavy atom. The monoisotopic (exact) mass is 324 g/mol. The molecule has 0 aliphatic carbocycles. The van der Waals surface area contributed by atoms with Crippen LogP contribution in [0.4, 0.5) is 5.69 Å². The average Bonchev–Trinajstić information content (AvgIpc) is 2.37. The Kier molecular flexibility index (Phi) is 3.99. The first kappa shape index (κ1) is 13.7. The third kappa shape index (κ3) is 2.68. The van der Waals surface area contributed by atoms with Crippen molar-refractivity contribution >= 4 is 39.7 Å². The molecule has 1 unspecified atom stereocenters. The number of hydrogen-bond acceptors (Lipinski definition) is 4. The molecular weight excluding hydrogens is 312 g/mol. The molecule has 0 saturated carbocycles. The van der Waals surface area contributed by atoms with Gasteiger partial charge in [-0.05, 0) is 40.5 Å². The van der Waals surface area contributed by atoms with Crippen molar-refractivity contribution in [1.82, 2.24) is 5.32 Å². The molecule has 1 aliphatic rings. The van der Waals surface area contributed by atoms with E-state index in [0.717, 1.165) is 12.0 Å². The summed E-state index contributed by atoms with van der Waals surface area (Å²) < 4.78 is 0.647. The lowest BCUT2D eigenvalue weighted by atomic mass is 10.1. The van der Waals surface area contributed by atoms with Crippen molar-refractivity contribution in [3.05, 3.63) is 28.2 Å². The molecule has 0 radical (unpaired) electrons. The molecule has 2 amide bonds. The summed E-state index contributed by atoms with van der Waals surface area (Å²) in [6.07, 6.45) is 1.35. The molecule has 1 atom stereocenters. The number of carbonyl (C=O) groups is 3. The summed E-state index contributed by atoms with van der Waals surface area (Å²) in [5.74, 6) is -0.598. The number of anilines is 1. The fourth-order valence-electron chi connectivity index (χ4n) is 2.13. The number of rotatable bonds is 3. The van der Waals surface area contributed by atoms with E-state index in [9.17, 15) is 14.4 Å². The smallest absolute Gasteiger partial charge is 0.249 e. The second kappa shape index (κ2) is 5.52. The van der Waals surface area contributed by atoms with E-state index in [1.165, 1.54) is 0 Å². The minimum absolute atomic E-state index is 0.136. The first-order chi connectivity index (χ1) is 9.06. The minimum Gasteiger partial charge on any atom is -0.350 e. The third-order valence-electron chi connectivity index (χ3n) is 3.08. The Hall–Kier alpha value is -1.69. The molecule has 1 aliphatic heterocycles. The van der Waals surface area contributed by atoms with Crippen LogP contribution < -0.4 is 10.2 Å². The quantitative estimate of drug-likeness (QED) is 0.676. The predicted molar refractivity (Wildman–Crippen MR) is 74.1 cm³/mol. The van der Waals surface area contributed by atoms with Crippen LogP contribution in [-0.4, -0.2) is 30.7 Å². The van der Waals surface area contributed by atoms with E-state index in [1.807, 2.05) is 6.92 Å². The van der Waals surface area contributed by atoms with Crippen molar-refractivity contribution in [1.29, 1.82) is 0 Å². The molecule has 1 N–H and O–H groups in total. The van der Waals surface area contributed by atoms with Gasteiger partial charge in [0.2, 0.25) is 11.8 Å². The number of hydrogen-bond donors (Lipinski definition) is 1.